The monoisotopic (exact) mass is 283 g/mol. The van der Waals surface area contributed by atoms with E-state index in [1.807, 2.05) is 13.8 Å². The summed E-state index contributed by atoms with van der Waals surface area (Å²) in [5.74, 6) is 0.212. The molecule has 1 heterocycles. The smallest absolute Gasteiger partial charge is 0.216 e. The van der Waals surface area contributed by atoms with Crippen molar-refractivity contribution in [3.05, 3.63) is 0 Å². The van der Waals surface area contributed by atoms with Crippen molar-refractivity contribution in [3.8, 4) is 0 Å². The number of hydrogen-bond donors (Lipinski definition) is 0. The Kier molecular flexibility index (Phi) is 4.26. The molecule has 0 unspecified atom stereocenters. The maximum absolute atomic E-state index is 11.8. The van der Waals surface area contributed by atoms with Gasteiger partial charge >= 0.3 is 0 Å². The zero-order valence-electron chi connectivity index (χ0n) is 10.8. The van der Waals surface area contributed by atoms with Crippen LogP contribution in [0.2, 0.25) is 0 Å². The zero-order chi connectivity index (χ0) is 13.4. The molecule has 0 atom stereocenters. The van der Waals surface area contributed by atoms with Crippen LogP contribution in [0.1, 0.15) is 27.7 Å². The highest BCUT2D eigenvalue weighted by molar-refractivity contribution is 7.92. The van der Waals surface area contributed by atoms with Crippen molar-refractivity contribution in [2.45, 2.75) is 38.2 Å². The molecule has 0 saturated carbocycles. The summed E-state index contributed by atoms with van der Waals surface area (Å²) < 4.78 is 48.4. The Balaban J connectivity index is 2.65. The molecule has 1 aliphatic heterocycles. The van der Waals surface area contributed by atoms with Gasteiger partial charge in [0, 0.05) is 13.1 Å². The van der Waals surface area contributed by atoms with E-state index in [1.54, 1.807) is 13.8 Å². The second-order valence-corrected chi connectivity index (χ2v) is 10.1. The standard InChI is InChI=1S/C10H21NO4S2/c1-8(2)7-16(12,13)10-5-11(6-10)17(14,15)9(3)4/h8-10H,5-7H2,1-4H3. The van der Waals surface area contributed by atoms with Crippen LogP contribution in [0.3, 0.4) is 0 Å². The summed E-state index contributed by atoms with van der Waals surface area (Å²) >= 11 is 0. The van der Waals surface area contributed by atoms with Crippen molar-refractivity contribution in [1.29, 1.82) is 0 Å². The number of rotatable bonds is 5. The summed E-state index contributed by atoms with van der Waals surface area (Å²) in [6, 6.07) is 0. The predicted octanol–water partition coefficient (Wildman–Crippen LogP) is 0.480. The van der Waals surface area contributed by atoms with Gasteiger partial charge in [0.05, 0.1) is 16.3 Å². The van der Waals surface area contributed by atoms with Crippen molar-refractivity contribution in [1.82, 2.24) is 4.31 Å². The van der Waals surface area contributed by atoms with E-state index in [1.165, 1.54) is 4.31 Å². The van der Waals surface area contributed by atoms with Gasteiger partial charge < -0.3 is 0 Å². The SMILES string of the molecule is CC(C)CS(=O)(=O)C1CN(S(=O)(=O)C(C)C)C1. The Labute approximate surface area is 104 Å². The van der Waals surface area contributed by atoms with Crippen molar-refractivity contribution >= 4 is 19.9 Å². The molecule has 7 heteroatoms. The third-order valence-corrected chi connectivity index (χ3v) is 7.50. The molecule has 102 valence electrons. The molecule has 0 spiro atoms. The van der Waals surface area contributed by atoms with E-state index in [9.17, 15) is 16.8 Å². The number of sulfonamides is 1. The molecule has 1 rings (SSSR count). The predicted molar refractivity (Wildman–Crippen MR) is 68.0 cm³/mol. The Bertz CT molecular complexity index is 459. The number of sulfone groups is 1. The molecule has 0 bridgehead atoms. The molecule has 0 aliphatic carbocycles. The minimum absolute atomic E-state index is 0.0794. The van der Waals surface area contributed by atoms with Crippen LogP contribution in [0.25, 0.3) is 0 Å². The van der Waals surface area contributed by atoms with Gasteiger partial charge in [0.25, 0.3) is 0 Å². The summed E-state index contributed by atoms with van der Waals surface area (Å²) in [5, 5.41) is -1.00. The van der Waals surface area contributed by atoms with E-state index in [0.29, 0.717) is 0 Å². The molecule has 1 saturated heterocycles. The van der Waals surface area contributed by atoms with E-state index in [-0.39, 0.29) is 24.8 Å². The zero-order valence-corrected chi connectivity index (χ0v) is 12.4. The minimum Gasteiger partial charge on any atom is -0.228 e. The lowest BCUT2D eigenvalue weighted by Gasteiger charge is -2.38. The fraction of sp³-hybridized carbons (Fsp3) is 1.00. The second-order valence-electron chi connectivity index (χ2n) is 5.26. The molecule has 0 radical (unpaired) electrons. The summed E-state index contributed by atoms with van der Waals surface area (Å²) in [5.41, 5.74) is 0. The van der Waals surface area contributed by atoms with Gasteiger partial charge in [0.2, 0.25) is 10.0 Å². The van der Waals surface area contributed by atoms with Gasteiger partial charge in [-0.15, -0.1) is 0 Å². The second kappa shape index (κ2) is 4.85. The van der Waals surface area contributed by atoms with Crippen LogP contribution in [-0.4, -0.2) is 50.5 Å². The molecule has 0 aromatic carbocycles. The average Bonchev–Trinajstić information content (AvgIpc) is 1.95. The first-order chi connectivity index (χ1) is 7.57. The maximum atomic E-state index is 11.8. The van der Waals surface area contributed by atoms with E-state index in [2.05, 4.69) is 0 Å². The highest BCUT2D eigenvalue weighted by Gasteiger charge is 2.43. The first-order valence-corrected chi connectivity index (χ1v) is 8.99. The van der Waals surface area contributed by atoms with Crippen molar-refractivity contribution < 1.29 is 16.8 Å². The van der Waals surface area contributed by atoms with Gasteiger partial charge in [-0.1, -0.05) is 13.8 Å². The normalized spacial score (nSPS) is 19.9. The number of hydrogen-bond acceptors (Lipinski definition) is 4. The lowest BCUT2D eigenvalue weighted by Crippen LogP contribution is -2.58. The van der Waals surface area contributed by atoms with Crippen LogP contribution < -0.4 is 0 Å². The largest absolute Gasteiger partial charge is 0.228 e. The third kappa shape index (κ3) is 3.20. The Morgan fingerprint density at radius 3 is 1.88 bits per heavy atom. The van der Waals surface area contributed by atoms with Gasteiger partial charge in [-0.3, -0.25) is 0 Å². The van der Waals surface area contributed by atoms with Gasteiger partial charge in [0.1, 0.15) is 0 Å². The Morgan fingerprint density at radius 1 is 1.06 bits per heavy atom. The fourth-order valence-corrected chi connectivity index (χ4v) is 5.31. The lowest BCUT2D eigenvalue weighted by molar-refractivity contribution is 0.306. The molecule has 5 nitrogen and oxygen atoms in total. The first-order valence-electron chi connectivity index (χ1n) is 5.78. The minimum atomic E-state index is -3.29. The summed E-state index contributed by atoms with van der Waals surface area (Å²) in [4.78, 5) is 0. The molecule has 1 aliphatic rings. The van der Waals surface area contributed by atoms with Crippen molar-refractivity contribution in [2.75, 3.05) is 18.8 Å². The summed E-state index contributed by atoms with van der Waals surface area (Å²) in [6.07, 6.45) is 0. The van der Waals surface area contributed by atoms with E-state index in [4.69, 9.17) is 0 Å². The molecule has 0 N–H and O–H groups in total. The average molecular weight is 283 g/mol. The lowest BCUT2D eigenvalue weighted by atomic mass is 10.3. The van der Waals surface area contributed by atoms with Gasteiger partial charge in [-0.25, -0.2) is 16.8 Å². The first kappa shape index (κ1) is 14.9. The Hall–Kier alpha value is -0.140. The van der Waals surface area contributed by atoms with Crippen LogP contribution in [-0.2, 0) is 19.9 Å². The van der Waals surface area contributed by atoms with Crippen LogP contribution >= 0.6 is 0 Å². The highest BCUT2D eigenvalue weighted by Crippen LogP contribution is 2.23. The molecule has 17 heavy (non-hydrogen) atoms. The van der Waals surface area contributed by atoms with Gasteiger partial charge in [-0.05, 0) is 19.8 Å². The van der Waals surface area contributed by atoms with Crippen LogP contribution in [0.5, 0.6) is 0 Å². The Morgan fingerprint density at radius 2 is 1.53 bits per heavy atom. The molecular formula is C10H21NO4S2. The maximum Gasteiger partial charge on any atom is 0.216 e. The van der Waals surface area contributed by atoms with E-state index in [0.717, 1.165) is 0 Å². The third-order valence-electron chi connectivity index (χ3n) is 2.84. The van der Waals surface area contributed by atoms with Crippen LogP contribution in [0.4, 0.5) is 0 Å². The topological polar surface area (TPSA) is 71.5 Å². The van der Waals surface area contributed by atoms with Crippen LogP contribution in [0, 0.1) is 5.92 Å². The molecule has 0 aromatic heterocycles. The molecule has 0 amide bonds. The highest BCUT2D eigenvalue weighted by atomic mass is 32.2. The molecular weight excluding hydrogens is 262 g/mol. The van der Waals surface area contributed by atoms with Gasteiger partial charge in [-0.2, -0.15) is 4.31 Å². The summed E-state index contributed by atoms with van der Waals surface area (Å²) in [7, 11) is -6.44. The summed E-state index contributed by atoms with van der Waals surface area (Å²) in [6.45, 7) is 7.14. The molecule has 0 aromatic rings. The van der Waals surface area contributed by atoms with E-state index < -0.39 is 30.4 Å². The quantitative estimate of drug-likeness (QED) is 0.736. The molecule has 1 fully saturated rings. The van der Waals surface area contributed by atoms with E-state index >= 15 is 0 Å². The number of nitrogens with zero attached hydrogens (tertiary/aromatic N) is 1. The van der Waals surface area contributed by atoms with Crippen molar-refractivity contribution in [3.63, 3.8) is 0 Å². The van der Waals surface area contributed by atoms with Crippen LogP contribution in [0.15, 0.2) is 0 Å². The van der Waals surface area contributed by atoms with Crippen molar-refractivity contribution in [2.24, 2.45) is 5.92 Å². The fourth-order valence-electron chi connectivity index (χ4n) is 1.73. The van der Waals surface area contributed by atoms with Gasteiger partial charge in [0.15, 0.2) is 9.84 Å².